The third kappa shape index (κ3) is 5.90. The molecule has 0 aliphatic heterocycles. The van der Waals surface area contributed by atoms with Gasteiger partial charge >= 0.3 is 0 Å². The van der Waals surface area contributed by atoms with Gasteiger partial charge in [0.25, 0.3) is 0 Å². The first-order valence-electron chi connectivity index (χ1n) is 10.8. The van der Waals surface area contributed by atoms with Crippen molar-refractivity contribution in [1.29, 1.82) is 0 Å². The van der Waals surface area contributed by atoms with Gasteiger partial charge in [-0.15, -0.1) is 0 Å². The molecule has 3 aromatic carbocycles. The van der Waals surface area contributed by atoms with E-state index < -0.39 is 23.9 Å². The van der Waals surface area contributed by atoms with Crippen LogP contribution in [0.15, 0.2) is 91.0 Å². The van der Waals surface area contributed by atoms with Gasteiger partial charge in [-0.25, -0.2) is 0 Å². The van der Waals surface area contributed by atoms with E-state index >= 15 is 0 Å². The molecule has 0 bridgehead atoms. The molecule has 0 saturated heterocycles. The second kappa shape index (κ2) is 11.2. The minimum absolute atomic E-state index is 0.0199. The van der Waals surface area contributed by atoms with Crippen molar-refractivity contribution in [2.24, 2.45) is 0 Å². The molecule has 32 heavy (non-hydrogen) atoms. The highest BCUT2D eigenvalue weighted by Gasteiger charge is 2.49. The number of carbonyl (C=O) groups excluding carboxylic acids is 1. The average molecular weight is 435 g/mol. The maximum atomic E-state index is 13.8. The van der Waals surface area contributed by atoms with E-state index in [-0.39, 0.29) is 25.2 Å². The fraction of sp³-hybridized carbons (Fsp3) is 0.296. The van der Waals surface area contributed by atoms with Gasteiger partial charge in [0.1, 0.15) is 12.2 Å². The first kappa shape index (κ1) is 23.8. The predicted octanol–water partition coefficient (Wildman–Crippen LogP) is 3.10. The van der Waals surface area contributed by atoms with E-state index in [2.05, 4.69) is 0 Å². The largest absolute Gasteiger partial charge is 0.391 e. The summed E-state index contributed by atoms with van der Waals surface area (Å²) in [5, 5.41) is 31.8. The Morgan fingerprint density at radius 3 is 1.75 bits per heavy atom. The second-order valence-corrected chi connectivity index (χ2v) is 8.09. The van der Waals surface area contributed by atoms with E-state index in [4.69, 9.17) is 4.74 Å². The number of benzene rings is 3. The minimum Gasteiger partial charge on any atom is -0.391 e. The molecule has 0 aliphatic rings. The quantitative estimate of drug-likeness (QED) is 0.432. The molecule has 4 atom stereocenters. The molecule has 0 amide bonds. The lowest BCUT2D eigenvalue weighted by Crippen LogP contribution is -2.60. The molecular formula is C27H30O5. The third-order valence-electron chi connectivity index (χ3n) is 5.62. The number of hydrogen-bond donors (Lipinski definition) is 3. The highest BCUT2D eigenvalue weighted by molar-refractivity contribution is 5.90. The highest BCUT2D eigenvalue weighted by atomic mass is 16.5. The summed E-state index contributed by atoms with van der Waals surface area (Å²) in [6.07, 6.45) is -4.37. The zero-order valence-electron chi connectivity index (χ0n) is 18.2. The lowest BCUT2D eigenvalue weighted by Gasteiger charge is -2.40. The summed E-state index contributed by atoms with van der Waals surface area (Å²) in [6, 6.07) is 27.8. The van der Waals surface area contributed by atoms with E-state index in [1.807, 2.05) is 91.0 Å². The summed E-state index contributed by atoms with van der Waals surface area (Å²) in [5.41, 5.74) is 0.621. The lowest BCUT2D eigenvalue weighted by atomic mass is 9.79. The maximum absolute atomic E-state index is 13.8. The first-order chi connectivity index (χ1) is 15.4. The minimum atomic E-state index is -1.76. The maximum Gasteiger partial charge on any atom is 0.172 e. The molecule has 0 radical (unpaired) electrons. The van der Waals surface area contributed by atoms with Crippen molar-refractivity contribution in [2.75, 3.05) is 0 Å². The van der Waals surface area contributed by atoms with Gasteiger partial charge in [0, 0.05) is 12.8 Å². The molecule has 0 heterocycles. The summed E-state index contributed by atoms with van der Waals surface area (Å²) in [4.78, 5) is 13.8. The standard InChI is InChI=1S/C27H30O5/c1-20(28)25(30)26(31)27(18-22-13-7-3-8-14-22,32-19-23-15-9-4-10-16-23)24(29)17-21-11-5-2-6-12-21/h2-16,20,25-26,28,30-31H,17-19H2,1H3/t20-,25+,26+,27+/m1/s1. The molecule has 0 aliphatic carbocycles. The fourth-order valence-electron chi connectivity index (χ4n) is 3.74. The summed E-state index contributed by atoms with van der Waals surface area (Å²) in [5.74, 6) is -0.365. The zero-order chi connectivity index (χ0) is 23.0. The van der Waals surface area contributed by atoms with Crippen molar-refractivity contribution in [3.05, 3.63) is 108 Å². The van der Waals surface area contributed by atoms with E-state index in [1.165, 1.54) is 6.92 Å². The molecular weight excluding hydrogens is 404 g/mol. The molecule has 5 nitrogen and oxygen atoms in total. The van der Waals surface area contributed by atoms with Gasteiger partial charge in [0.2, 0.25) is 0 Å². The SMILES string of the molecule is C[C@@H](O)[C@H](O)[C@H](O)[C@@](Cc1ccccc1)(OCc1ccccc1)C(=O)Cc1ccccc1. The Balaban J connectivity index is 2.02. The van der Waals surface area contributed by atoms with Crippen molar-refractivity contribution in [3.8, 4) is 0 Å². The molecule has 168 valence electrons. The summed E-state index contributed by atoms with van der Waals surface area (Å²) < 4.78 is 6.22. The normalized spacial score (nSPS) is 16.0. The first-order valence-corrected chi connectivity index (χ1v) is 10.8. The molecule has 5 heteroatoms. The molecule has 3 N–H and O–H groups in total. The van der Waals surface area contributed by atoms with Crippen LogP contribution in [0.5, 0.6) is 0 Å². The van der Waals surface area contributed by atoms with Gasteiger partial charge in [0.05, 0.1) is 12.7 Å². The van der Waals surface area contributed by atoms with Crippen LogP contribution in [0.4, 0.5) is 0 Å². The number of rotatable bonds is 11. The van der Waals surface area contributed by atoms with Crippen LogP contribution < -0.4 is 0 Å². The number of aliphatic hydroxyl groups excluding tert-OH is 3. The summed E-state index contributed by atoms with van der Waals surface area (Å²) in [6.45, 7) is 1.44. The predicted molar refractivity (Wildman–Crippen MR) is 123 cm³/mol. The zero-order valence-corrected chi connectivity index (χ0v) is 18.2. The van der Waals surface area contributed by atoms with Crippen LogP contribution in [-0.4, -0.2) is 45.0 Å². The average Bonchev–Trinajstić information content (AvgIpc) is 2.82. The molecule has 0 aromatic heterocycles. The molecule has 0 unspecified atom stereocenters. The van der Waals surface area contributed by atoms with Crippen LogP contribution >= 0.6 is 0 Å². The van der Waals surface area contributed by atoms with Crippen LogP contribution in [0.25, 0.3) is 0 Å². The smallest absolute Gasteiger partial charge is 0.172 e. The fourth-order valence-corrected chi connectivity index (χ4v) is 3.74. The Kier molecular flexibility index (Phi) is 8.31. The van der Waals surface area contributed by atoms with Gasteiger partial charge in [-0.1, -0.05) is 91.0 Å². The van der Waals surface area contributed by atoms with Gasteiger partial charge in [0.15, 0.2) is 11.4 Å². The molecule has 3 rings (SSSR count). The Bertz CT molecular complexity index is 959. The second-order valence-electron chi connectivity index (χ2n) is 8.09. The molecule has 0 saturated carbocycles. The molecule has 3 aromatic rings. The molecule has 0 fully saturated rings. The van der Waals surface area contributed by atoms with Crippen molar-refractivity contribution >= 4 is 5.78 Å². The van der Waals surface area contributed by atoms with Crippen LogP contribution in [0, 0.1) is 0 Å². The van der Waals surface area contributed by atoms with Crippen molar-refractivity contribution < 1.29 is 24.9 Å². The van der Waals surface area contributed by atoms with Crippen molar-refractivity contribution in [1.82, 2.24) is 0 Å². The Hall–Kier alpha value is -2.83. The topological polar surface area (TPSA) is 87.0 Å². The number of ether oxygens (including phenoxy) is 1. The van der Waals surface area contributed by atoms with Crippen LogP contribution in [-0.2, 0) is 29.0 Å². The monoisotopic (exact) mass is 434 g/mol. The summed E-state index contributed by atoms with van der Waals surface area (Å²) >= 11 is 0. The van der Waals surface area contributed by atoms with Crippen LogP contribution in [0.2, 0.25) is 0 Å². The third-order valence-corrected chi connectivity index (χ3v) is 5.62. The highest BCUT2D eigenvalue weighted by Crippen LogP contribution is 2.30. The van der Waals surface area contributed by atoms with Gasteiger partial charge in [-0.2, -0.15) is 0 Å². The van der Waals surface area contributed by atoms with E-state index in [0.29, 0.717) is 0 Å². The number of carbonyl (C=O) groups is 1. The van der Waals surface area contributed by atoms with Crippen molar-refractivity contribution in [3.63, 3.8) is 0 Å². The van der Waals surface area contributed by atoms with Crippen molar-refractivity contribution in [2.45, 2.75) is 50.3 Å². The Morgan fingerprint density at radius 1 is 0.781 bits per heavy atom. The van der Waals surface area contributed by atoms with Gasteiger partial charge in [-0.3, -0.25) is 4.79 Å². The van der Waals surface area contributed by atoms with Gasteiger partial charge in [-0.05, 0) is 23.6 Å². The van der Waals surface area contributed by atoms with Gasteiger partial charge < -0.3 is 20.1 Å². The van der Waals surface area contributed by atoms with Crippen LogP contribution in [0.3, 0.4) is 0 Å². The lowest BCUT2D eigenvalue weighted by molar-refractivity contribution is -0.189. The van der Waals surface area contributed by atoms with E-state index in [1.54, 1.807) is 0 Å². The number of aliphatic hydroxyl groups is 3. The Labute approximate surface area is 188 Å². The van der Waals surface area contributed by atoms with E-state index in [9.17, 15) is 20.1 Å². The Morgan fingerprint density at radius 2 is 1.25 bits per heavy atom. The number of hydrogen-bond acceptors (Lipinski definition) is 5. The van der Waals surface area contributed by atoms with E-state index in [0.717, 1.165) is 16.7 Å². The molecule has 0 spiro atoms. The van der Waals surface area contributed by atoms with Crippen LogP contribution in [0.1, 0.15) is 23.6 Å². The summed E-state index contributed by atoms with van der Waals surface area (Å²) in [7, 11) is 0. The number of ketones is 1. The number of Topliss-reactive ketones (excluding diaryl/α,β-unsaturated/α-hetero) is 1.